The number of imidazole rings is 1. The van der Waals surface area contributed by atoms with E-state index in [2.05, 4.69) is 22.0 Å². The third kappa shape index (κ3) is 5.09. The molecule has 4 aromatic rings. The Morgan fingerprint density at radius 3 is 2.60 bits per heavy atom. The van der Waals surface area contributed by atoms with E-state index in [0.717, 1.165) is 67.4 Å². The fourth-order valence-corrected chi connectivity index (χ4v) is 6.44. The molecule has 1 aromatic carbocycles. The maximum absolute atomic E-state index is 14.3. The van der Waals surface area contributed by atoms with Crippen molar-refractivity contribution in [1.82, 2.24) is 28.6 Å². The number of fused-ring (bicyclic) bond motifs is 1. The van der Waals surface area contributed by atoms with Gasteiger partial charge in [-0.1, -0.05) is 31.9 Å². The van der Waals surface area contributed by atoms with E-state index in [1.165, 1.54) is 16.8 Å². The lowest BCUT2D eigenvalue weighted by atomic mass is 9.72. The smallest absolute Gasteiger partial charge is 0.320 e. The summed E-state index contributed by atoms with van der Waals surface area (Å²) >= 11 is 0. The molecule has 0 bridgehead atoms. The molecule has 2 aliphatic rings. The predicted molar refractivity (Wildman–Crippen MR) is 146 cm³/mol. The van der Waals surface area contributed by atoms with Gasteiger partial charge in [0.2, 0.25) is 0 Å². The van der Waals surface area contributed by atoms with Crippen molar-refractivity contribution >= 4 is 5.52 Å². The Bertz CT molecular complexity index is 1560. The Labute approximate surface area is 231 Å². The van der Waals surface area contributed by atoms with Gasteiger partial charge in [0.1, 0.15) is 12.2 Å². The molecule has 10 heteroatoms. The van der Waals surface area contributed by atoms with E-state index in [4.69, 9.17) is 0 Å². The van der Waals surface area contributed by atoms with Crippen molar-refractivity contribution in [3.63, 3.8) is 0 Å². The molecule has 212 valence electrons. The molecule has 0 spiro atoms. The number of nitrogens with zero attached hydrogens (tertiary/aromatic N) is 6. The topological polar surface area (TPSA) is 60.4 Å². The van der Waals surface area contributed by atoms with Crippen molar-refractivity contribution in [2.45, 2.75) is 64.1 Å². The first-order valence-corrected chi connectivity index (χ1v) is 14.2. The molecule has 0 amide bonds. The van der Waals surface area contributed by atoms with Gasteiger partial charge in [0, 0.05) is 38.4 Å². The average Bonchev–Trinajstić information content (AvgIpc) is 3.38. The number of likely N-dealkylation sites (tertiary alicyclic amines) is 1. The standard InChI is InChI=1S/C30H35F3N6O/c1-20-7-3-4-12-37(15-20)16-21-13-25(30(31,32)33)26-18-38(29(40)39(26)17-21)24-11-6-10-23(14-24)27(22-8-5-9-22)28-35-34-19-36(28)2/h6,10-11,13-14,17-20,22,27H,3-5,7-9,12,15-16H2,1-2H3/t20?,27-/m1/s1. The summed E-state index contributed by atoms with van der Waals surface area (Å²) in [7, 11) is 1.92. The van der Waals surface area contributed by atoms with Crippen molar-refractivity contribution in [3.8, 4) is 5.69 Å². The zero-order chi connectivity index (χ0) is 28.0. The molecular formula is C30H35F3N6O. The Balaban J connectivity index is 1.42. The lowest BCUT2D eigenvalue weighted by Gasteiger charge is -2.33. The molecule has 1 saturated heterocycles. The van der Waals surface area contributed by atoms with E-state index in [0.29, 0.717) is 29.6 Å². The number of hydrogen-bond donors (Lipinski definition) is 0. The predicted octanol–water partition coefficient (Wildman–Crippen LogP) is 5.79. The maximum Gasteiger partial charge on any atom is 0.418 e. The highest BCUT2D eigenvalue weighted by atomic mass is 19.4. The lowest BCUT2D eigenvalue weighted by molar-refractivity contribution is -0.136. The second-order valence-corrected chi connectivity index (χ2v) is 11.7. The fraction of sp³-hybridized carbons (Fsp3) is 0.500. The minimum absolute atomic E-state index is 0.00212. The molecule has 1 aliphatic heterocycles. The Hall–Kier alpha value is -3.40. The molecule has 7 nitrogen and oxygen atoms in total. The van der Waals surface area contributed by atoms with Crippen LogP contribution in [0.1, 0.15) is 73.9 Å². The minimum Gasteiger partial charge on any atom is -0.320 e. The van der Waals surface area contributed by atoms with E-state index >= 15 is 0 Å². The molecule has 1 unspecified atom stereocenters. The number of benzene rings is 1. The zero-order valence-corrected chi connectivity index (χ0v) is 22.9. The van der Waals surface area contributed by atoms with Crippen LogP contribution in [0.3, 0.4) is 0 Å². The van der Waals surface area contributed by atoms with E-state index in [9.17, 15) is 18.0 Å². The molecule has 40 heavy (non-hydrogen) atoms. The van der Waals surface area contributed by atoms with E-state index < -0.39 is 17.4 Å². The van der Waals surface area contributed by atoms with Crippen molar-refractivity contribution in [2.24, 2.45) is 18.9 Å². The van der Waals surface area contributed by atoms with Crippen molar-refractivity contribution in [3.05, 3.63) is 82.1 Å². The lowest BCUT2D eigenvalue weighted by Crippen LogP contribution is -2.28. The third-order valence-electron chi connectivity index (χ3n) is 8.68. The van der Waals surface area contributed by atoms with Crippen LogP contribution >= 0.6 is 0 Å². The van der Waals surface area contributed by atoms with Gasteiger partial charge in [0.25, 0.3) is 0 Å². The van der Waals surface area contributed by atoms with Crippen LogP contribution in [0.25, 0.3) is 11.2 Å². The quantitative estimate of drug-likeness (QED) is 0.304. The van der Waals surface area contributed by atoms with Gasteiger partial charge in [-0.15, -0.1) is 10.2 Å². The van der Waals surface area contributed by atoms with E-state index in [1.807, 2.05) is 29.8 Å². The Morgan fingerprint density at radius 1 is 1.07 bits per heavy atom. The van der Waals surface area contributed by atoms with Gasteiger partial charge in [-0.25, -0.2) is 4.79 Å². The van der Waals surface area contributed by atoms with Gasteiger partial charge < -0.3 is 4.57 Å². The minimum atomic E-state index is -4.59. The van der Waals surface area contributed by atoms with Crippen LogP contribution in [-0.4, -0.2) is 41.7 Å². The molecule has 1 aliphatic carbocycles. The molecule has 6 rings (SSSR count). The van der Waals surface area contributed by atoms with Crippen LogP contribution < -0.4 is 5.69 Å². The fourth-order valence-electron chi connectivity index (χ4n) is 6.44. The van der Waals surface area contributed by atoms with Gasteiger partial charge >= 0.3 is 11.9 Å². The summed E-state index contributed by atoms with van der Waals surface area (Å²) in [6, 6.07) is 8.75. The Kier molecular flexibility index (Phi) is 7.06. The van der Waals surface area contributed by atoms with Crippen LogP contribution in [-0.2, 0) is 19.8 Å². The van der Waals surface area contributed by atoms with E-state index in [-0.39, 0.29) is 11.4 Å². The molecule has 2 atom stereocenters. The summed E-state index contributed by atoms with van der Waals surface area (Å²) in [5.74, 6) is 1.75. The monoisotopic (exact) mass is 552 g/mol. The van der Waals surface area contributed by atoms with Crippen molar-refractivity contribution in [2.75, 3.05) is 13.1 Å². The summed E-state index contributed by atoms with van der Waals surface area (Å²) in [5.41, 5.74) is 0.574. The van der Waals surface area contributed by atoms with Crippen LogP contribution in [0.2, 0.25) is 0 Å². The first-order chi connectivity index (χ1) is 19.2. The first-order valence-electron chi connectivity index (χ1n) is 14.2. The summed E-state index contributed by atoms with van der Waals surface area (Å²) in [5, 5.41) is 8.44. The highest BCUT2D eigenvalue weighted by Crippen LogP contribution is 2.43. The molecular weight excluding hydrogens is 517 g/mol. The molecule has 2 fully saturated rings. The third-order valence-corrected chi connectivity index (χ3v) is 8.68. The highest BCUT2D eigenvalue weighted by molar-refractivity contribution is 5.58. The summed E-state index contributed by atoms with van der Waals surface area (Å²) in [6.07, 6.45) is 6.59. The van der Waals surface area contributed by atoms with Crippen LogP contribution in [0.15, 0.2) is 53.8 Å². The Morgan fingerprint density at radius 2 is 1.90 bits per heavy atom. The number of aromatic nitrogens is 5. The summed E-state index contributed by atoms with van der Waals surface area (Å²) in [4.78, 5) is 15.8. The number of pyridine rings is 1. The largest absolute Gasteiger partial charge is 0.418 e. The van der Waals surface area contributed by atoms with Crippen LogP contribution in [0, 0.1) is 11.8 Å². The number of aryl methyl sites for hydroxylation is 1. The van der Waals surface area contributed by atoms with Gasteiger partial charge in [0.15, 0.2) is 0 Å². The number of rotatable bonds is 6. The second-order valence-electron chi connectivity index (χ2n) is 11.7. The van der Waals surface area contributed by atoms with Gasteiger partial charge in [0.05, 0.1) is 16.8 Å². The van der Waals surface area contributed by atoms with Gasteiger partial charge in [-0.3, -0.25) is 13.9 Å². The van der Waals surface area contributed by atoms with Crippen molar-refractivity contribution < 1.29 is 13.2 Å². The molecule has 1 saturated carbocycles. The van der Waals surface area contributed by atoms with Gasteiger partial charge in [-0.05, 0) is 73.4 Å². The van der Waals surface area contributed by atoms with E-state index in [1.54, 1.807) is 18.6 Å². The number of halogens is 3. The average molecular weight is 553 g/mol. The van der Waals surface area contributed by atoms with Crippen LogP contribution in [0.5, 0.6) is 0 Å². The molecule has 3 aromatic heterocycles. The SMILES string of the molecule is CC1CCCCN(Cc2cc(C(F)(F)F)c3cn(-c4cccc([C@H](c5nncn5C)C5CCC5)c4)c(=O)n3c2)C1. The first kappa shape index (κ1) is 26.8. The second kappa shape index (κ2) is 10.5. The summed E-state index contributed by atoms with van der Waals surface area (Å²) in [6.45, 7) is 4.26. The number of alkyl halides is 3. The highest BCUT2D eigenvalue weighted by Gasteiger charge is 2.35. The molecule has 0 N–H and O–H groups in total. The maximum atomic E-state index is 14.3. The van der Waals surface area contributed by atoms with Crippen molar-refractivity contribution in [1.29, 1.82) is 0 Å². The summed E-state index contributed by atoms with van der Waals surface area (Å²) < 4.78 is 47.3. The van der Waals surface area contributed by atoms with Gasteiger partial charge in [-0.2, -0.15) is 13.2 Å². The van der Waals surface area contributed by atoms with Crippen LogP contribution in [0.4, 0.5) is 13.2 Å². The number of hydrogen-bond acceptors (Lipinski definition) is 4. The zero-order valence-electron chi connectivity index (χ0n) is 22.9. The molecule has 4 heterocycles. The normalized spacial score (nSPS) is 20.0. The molecule has 0 radical (unpaired) electrons.